The SMILES string of the molecule is CCC(CC)N[C@H](CC)c1ccccc1. The third kappa shape index (κ3) is 3.67. The van der Waals surface area contributed by atoms with Gasteiger partial charge in [0.1, 0.15) is 0 Å². The van der Waals surface area contributed by atoms with Crippen molar-refractivity contribution in [1.29, 1.82) is 0 Å². The quantitative estimate of drug-likeness (QED) is 0.742. The second-order valence-electron chi connectivity index (χ2n) is 4.05. The van der Waals surface area contributed by atoms with Crippen LogP contribution in [0.2, 0.25) is 0 Å². The second kappa shape index (κ2) is 6.62. The number of hydrogen-bond acceptors (Lipinski definition) is 1. The molecule has 0 heterocycles. The van der Waals surface area contributed by atoms with Crippen LogP contribution in [0.1, 0.15) is 51.6 Å². The smallest absolute Gasteiger partial charge is 0.0320 e. The molecule has 1 atom stereocenters. The first-order valence-electron chi connectivity index (χ1n) is 6.12. The molecule has 1 heteroatoms. The maximum atomic E-state index is 3.72. The molecule has 1 nitrogen and oxygen atoms in total. The normalized spacial score (nSPS) is 13.1. The summed E-state index contributed by atoms with van der Waals surface area (Å²) < 4.78 is 0. The summed E-state index contributed by atoms with van der Waals surface area (Å²) in [6.45, 7) is 6.74. The summed E-state index contributed by atoms with van der Waals surface area (Å²) >= 11 is 0. The zero-order valence-electron chi connectivity index (χ0n) is 10.2. The zero-order valence-corrected chi connectivity index (χ0v) is 10.2. The lowest BCUT2D eigenvalue weighted by Crippen LogP contribution is -2.31. The van der Waals surface area contributed by atoms with Gasteiger partial charge in [0.2, 0.25) is 0 Å². The highest BCUT2D eigenvalue weighted by molar-refractivity contribution is 5.18. The highest BCUT2D eigenvalue weighted by Gasteiger charge is 2.12. The molecular weight excluding hydrogens is 182 g/mol. The first-order chi connectivity index (χ1) is 7.31. The van der Waals surface area contributed by atoms with Gasteiger partial charge >= 0.3 is 0 Å². The Morgan fingerprint density at radius 1 is 0.933 bits per heavy atom. The Morgan fingerprint density at radius 2 is 1.53 bits per heavy atom. The summed E-state index contributed by atoms with van der Waals surface area (Å²) in [5.74, 6) is 0. The number of benzene rings is 1. The van der Waals surface area contributed by atoms with Crippen molar-refractivity contribution in [2.75, 3.05) is 0 Å². The van der Waals surface area contributed by atoms with Crippen molar-refractivity contribution >= 4 is 0 Å². The van der Waals surface area contributed by atoms with Crippen LogP contribution in [0.5, 0.6) is 0 Å². The van der Waals surface area contributed by atoms with E-state index in [4.69, 9.17) is 0 Å². The van der Waals surface area contributed by atoms with Crippen molar-refractivity contribution in [2.24, 2.45) is 0 Å². The molecule has 0 saturated heterocycles. The Morgan fingerprint density at radius 3 is 2.00 bits per heavy atom. The van der Waals surface area contributed by atoms with E-state index in [-0.39, 0.29) is 0 Å². The van der Waals surface area contributed by atoms with Crippen LogP contribution in [0, 0.1) is 0 Å². The van der Waals surface area contributed by atoms with E-state index in [1.165, 1.54) is 18.4 Å². The van der Waals surface area contributed by atoms with Gasteiger partial charge < -0.3 is 5.32 Å². The average molecular weight is 205 g/mol. The van der Waals surface area contributed by atoms with Crippen LogP contribution in [-0.2, 0) is 0 Å². The summed E-state index contributed by atoms with van der Waals surface area (Å²) in [6, 6.07) is 11.9. The zero-order chi connectivity index (χ0) is 11.1. The number of rotatable bonds is 6. The maximum absolute atomic E-state index is 3.72. The molecule has 1 aromatic rings. The molecule has 0 amide bonds. The minimum Gasteiger partial charge on any atom is -0.307 e. The van der Waals surface area contributed by atoms with Gasteiger partial charge in [-0.15, -0.1) is 0 Å². The van der Waals surface area contributed by atoms with Crippen LogP contribution in [0.15, 0.2) is 30.3 Å². The molecule has 0 aliphatic carbocycles. The van der Waals surface area contributed by atoms with E-state index in [0.29, 0.717) is 12.1 Å². The molecule has 1 aromatic carbocycles. The molecule has 1 N–H and O–H groups in total. The van der Waals surface area contributed by atoms with E-state index in [2.05, 4.69) is 56.4 Å². The highest BCUT2D eigenvalue weighted by atomic mass is 14.9. The molecule has 0 saturated carbocycles. The van der Waals surface area contributed by atoms with Crippen molar-refractivity contribution in [2.45, 2.75) is 52.1 Å². The fraction of sp³-hybridized carbons (Fsp3) is 0.571. The van der Waals surface area contributed by atoms with Crippen LogP contribution in [0.4, 0.5) is 0 Å². The van der Waals surface area contributed by atoms with Crippen molar-refractivity contribution in [1.82, 2.24) is 5.32 Å². The molecule has 0 unspecified atom stereocenters. The van der Waals surface area contributed by atoms with Gasteiger partial charge in [-0.2, -0.15) is 0 Å². The fourth-order valence-electron chi connectivity index (χ4n) is 1.94. The summed E-state index contributed by atoms with van der Waals surface area (Å²) in [5.41, 5.74) is 1.41. The minimum atomic E-state index is 0.510. The van der Waals surface area contributed by atoms with E-state index < -0.39 is 0 Å². The first-order valence-corrected chi connectivity index (χ1v) is 6.12. The first kappa shape index (κ1) is 12.3. The van der Waals surface area contributed by atoms with E-state index in [1.54, 1.807) is 0 Å². The summed E-state index contributed by atoms with van der Waals surface area (Å²) in [6.07, 6.45) is 3.57. The largest absolute Gasteiger partial charge is 0.307 e. The lowest BCUT2D eigenvalue weighted by atomic mass is 10.0. The predicted molar refractivity (Wildman–Crippen MR) is 67.0 cm³/mol. The Hall–Kier alpha value is -0.820. The van der Waals surface area contributed by atoms with E-state index >= 15 is 0 Å². The predicted octanol–water partition coefficient (Wildman–Crippen LogP) is 3.92. The van der Waals surface area contributed by atoms with Crippen molar-refractivity contribution < 1.29 is 0 Å². The van der Waals surface area contributed by atoms with Gasteiger partial charge in [-0.3, -0.25) is 0 Å². The molecule has 0 spiro atoms. The summed E-state index contributed by atoms with van der Waals surface area (Å²) in [5, 5.41) is 3.72. The summed E-state index contributed by atoms with van der Waals surface area (Å²) in [4.78, 5) is 0. The van der Waals surface area contributed by atoms with Gasteiger partial charge in [-0.05, 0) is 24.8 Å². The third-order valence-corrected chi connectivity index (χ3v) is 3.03. The third-order valence-electron chi connectivity index (χ3n) is 3.03. The molecule has 0 radical (unpaired) electrons. The van der Waals surface area contributed by atoms with Crippen LogP contribution in [-0.4, -0.2) is 6.04 Å². The molecule has 0 aliphatic heterocycles. The lowest BCUT2D eigenvalue weighted by molar-refractivity contribution is 0.407. The van der Waals surface area contributed by atoms with Crippen molar-refractivity contribution in [3.63, 3.8) is 0 Å². The van der Waals surface area contributed by atoms with Gasteiger partial charge in [0, 0.05) is 12.1 Å². The standard InChI is InChI=1S/C14H23N/c1-4-13(5-2)15-14(6-3)12-10-8-7-9-11-12/h7-11,13-15H,4-6H2,1-3H3/t14-/m1/s1. The fourth-order valence-corrected chi connectivity index (χ4v) is 1.94. The molecule has 0 aromatic heterocycles. The molecule has 15 heavy (non-hydrogen) atoms. The van der Waals surface area contributed by atoms with Crippen LogP contribution < -0.4 is 5.32 Å². The Kier molecular flexibility index (Phi) is 5.41. The van der Waals surface area contributed by atoms with Gasteiger partial charge in [-0.25, -0.2) is 0 Å². The average Bonchev–Trinajstić information content (AvgIpc) is 2.32. The monoisotopic (exact) mass is 205 g/mol. The lowest BCUT2D eigenvalue weighted by Gasteiger charge is -2.23. The molecule has 0 bridgehead atoms. The summed E-state index contributed by atoms with van der Waals surface area (Å²) in [7, 11) is 0. The topological polar surface area (TPSA) is 12.0 Å². The molecule has 84 valence electrons. The van der Waals surface area contributed by atoms with Gasteiger partial charge in [-0.1, -0.05) is 51.1 Å². The van der Waals surface area contributed by atoms with Crippen LogP contribution in [0.25, 0.3) is 0 Å². The van der Waals surface area contributed by atoms with E-state index in [9.17, 15) is 0 Å². The molecule has 0 fully saturated rings. The molecule has 1 rings (SSSR count). The van der Waals surface area contributed by atoms with Crippen molar-refractivity contribution in [3.8, 4) is 0 Å². The van der Waals surface area contributed by atoms with Gasteiger partial charge in [0.15, 0.2) is 0 Å². The highest BCUT2D eigenvalue weighted by Crippen LogP contribution is 2.17. The van der Waals surface area contributed by atoms with Crippen molar-refractivity contribution in [3.05, 3.63) is 35.9 Å². The van der Waals surface area contributed by atoms with Crippen LogP contribution in [0.3, 0.4) is 0 Å². The van der Waals surface area contributed by atoms with Gasteiger partial charge in [0.25, 0.3) is 0 Å². The number of hydrogen-bond donors (Lipinski definition) is 1. The maximum Gasteiger partial charge on any atom is 0.0320 e. The van der Waals surface area contributed by atoms with Gasteiger partial charge in [0.05, 0.1) is 0 Å². The Bertz CT molecular complexity index is 251. The second-order valence-corrected chi connectivity index (χ2v) is 4.05. The molecule has 0 aliphatic rings. The van der Waals surface area contributed by atoms with E-state index in [0.717, 1.165) is 6.42 Å². The Balaban J connectivity index is 2.64. The molecular formula is C14H23N. The van der Waals surface area contributed by atoms with Crippen LogP contribution >= 0.6 is 0 Å². The Labute approximate surface area is 93.9 Å². The minimum absolute atomic E-state index is 0.510. The number of nitrogens with one attached hydrogen (secondary N) is 1. The van der Waals surface area contributed by atoms with E-state index in [1.807, 2.05) is 0 Å².